The molecule has 0 saturated heterocycles. The van der Waals surface area contributed by atoms with Crippen LogP contribution in [-0.4, -0.2) is 14.8 Å². The highest BCUT2D eigenvalue weighted by molar-refractivity contribution is 7.90. The quantitative estimate of drug-likeness (QED) is 0.706. The van der Waals surface area contributed by atoms with Crippen molar-refractivity contribution < 1.29 is 8.42 Å². The van der Waals surface area contributed by atoms with Gasteiger partial charge >= 0.3 is 0 Å². The minimum absolute atomic E-state index is 0.121. The van der Waals surface area contributed by atoms with E-state index in [0.29, 0.717) is 10.7 Å². The van der Waals surface area contributed by atoms with Crippen LogP contribution in [0.25, 0.3) is 0 Å². The summed E-state index contributed by atoms with van der Waals surface area (Å²) in [6, 6.07) is 4.38. The van der Waals surface area contributed by atoms with E-state index >= 15 is 0 Å². The molecule has 0 aromatic heterocycles. The third kappa shape index (κ3) is 1.40. The Balaban J connectivity index is 2.75. The second-order valence-electron chi connectivity index (χ2n) is 2.44. The molecule has 1 aliphatic heterocycles. The Morgan fingerprint density at radius 1 is 1.46 bits per heavy atom. The number of hydrogen-bond acceptors (Lipinski definition) is 3. The van der Waals surface area contributed by atoms with Crippen LogP contribution >= 0.6 is 11.6 Å². The summed E-state index contributed by atoms with van der Waals surface area (Å²) in [7, 11) is -3.47. The SMILES string of the molecule is O=S1(=O)N[C]=Nc2cc(Cl)ccc21. The van der Waals surface area contributed by atoms with Crippen molar-refractivity contribution in [1.82, 2.24) is 4.72 Å². The summed E-state index contributed by atoms with van der Waals surface area (Å²) < 4.78 is 24.7. The van der Waals surface area contributed by atoms with Crippen molar-refractivity contribution >= 4 is 33.7 Å². The van der Waals surface area contributed by atoms with Crippen LogP contribution in [0.4, 0.5) is 5.69 Å². The van der Waals surface area contributed by atoms with Crippen molar-refractivity contribution in [2.24, 2.45) is 4.99 Å². The molecule has 2 rings (SSSR count). The second-order valence-corrected chi connectivity index (χ2v) is 4.53. The average molecular weight is 216 g/mol. The second kappa shape index (κ2) is 2.71. The molecule has 0 unspecified atom stereocenters. The van der Waals surface area contributed by atoms with Crippen molar-refractivity contribution in [3.63, 3.8) is 0 Å². The summed E-state index contributed by atoms with van der Waals surface area (Å²) in [4.78, 5) is 3.85. The first-order valence-corrected chi connectivity index (χ1v) is 5.23. The van der Waals surface area contributed by atoms with Gasteiger partial charge in [0.2, 0.25) is 0 Å². The number of hydrogen-bond donors (Lipinski definition) is 1. The predicted octanol–water partition coefficient (Wildman–Crippen LogP) is 1.17. The molecule has 1 N–H and O–H groups in total. The van der Waals surface area contributed by atoms with Crippen LogP contribution in [0.1, 0.15) is 0 Å². The summed E-state index contributed by atoms with van der Waals surface area (Å²) in [6.45, 7) is 0. The lowest BCUT2D eigenvalue weighted by molar-refractivity contribution is 0.592. The number of fused-ring (bicyclic) bond motifs is 1. The van der Waals surface area contributed by atoms with Gasteiger partial charge in [0, 0.05) is 5.02 Å². The molecule has 0 spiro atoms. The zero-order valence-electron chi connectivity index (χ0n) is 6.28. The highest BCUT2D eigenvalue weighted by atomic mass is 35.5. The fraction of sp³-hybridized carbons (Fsp3) is 0. The molecule has 0 saturated carbocycles. The molecule has 1 radical (unpaired) electrons. The van der Waals surface area contributed by atoms with Crippen molar-refractivity contribution in [3.8, 4) is 0 Å². The molecule has 1 aliphatic rings. The van der Waals surface area contributed by atoms with Gasteiger partial charge in [-0.1, -0.05) is 11.6 Å². The van der Waals surface area contributed by atoms with Crippen molar-refractivity contribution in [2.75, 3.05) is 0 Å². The normalized spacial score (nSPS) is 17.6. The third-order valence-corrected chi connectivity index (χ3v) is 3.09. The molecule has 0 bridgehead atoms. The van der Waals surface area contributed by atoms with Gasteiger partial charge in [0.25, 0.3) is 10.0 Å². The van der Waals surface area contributed by atoms with Crippen LogP contribution in [0, 0.1) is 0 Å². The number of sulfonamides is 1. The average Bonchev–Trinajstić information content (AvgIpc) is 2.02. The van der Waals surface area contributed by atoms with Gasteiger partial charge in [-0.25, -0.2) is 13.4 Å². The fourth-order valence-corrected chi connectivity index (χ4v) is 2.07. The van der Waals surface area contributed by atoms with Gasteiger partial charge in [-0.2, -0.15) is 0 Å². The van der Waals surface area contributed by atoms with Gasteiger partial charge in [-0.05, 0) is 18.2 Å². The standard InChI is InChI=1S/C7H4ClN2O2S/c8-5-1-2-7-6(3-5)9-4-10-13(7,11)12/h1-3H,(H,9,10). The van der Waals surface area contributed by atoms with Gasteiger partial charge in [0.1, 0.15) is 4.90 Å². The Labute approximate surface area is 80.3 Å². The Morgan fingerprint density at radius 2 is 2.23 bits per heavy atom. The maximum atomic E-state index is 11.3. The summed E-state index contributed by atoms with van der Waals surface area (Å²) in [5.74, 6) is 0. The first-order valence-electron chi connectivity index (χ1n) is 3.37. The van der Waals surface area contributed by atoms with E-state index in [4.69, 9.17) is 11.6 Å². The molecule has 1 aromatic carbocycles. The Bertz CT molecular complexity index is 481. The van der Waals surface area contributed by atoms with Crippen LogP contribution in [0.15, 0.2) is 28.1 Å². The van der Waals surface area contributed by atoms with Gasteiger partial charge in [-0.15, -0.1) is 0 Å². The third-order valence-electron chi connectivity index (χ3n) is 1.57. The minimum atomic E-state index is -3.47. The number of nitrogens with one attached hydrogen (secondary N) is 1. The molecule has 4 nitrogen and oxygen atoms in total. The van der Waals surface area contributed by atoms with Crippen molar-refractivity contribution in [3.05, 3.63) is 23.2 Å². The maximum absolute atomic E-state index is 11.3. The van der Waals surface area contributed by atoms with E-state index in [0.717, 1.165) is 0 Å². The zero-order valence-corrected chi connectivity index (χ0v) is 7.85. The Morgan fingerprint density at radius 3 is 3.00 bits per heavy atom. The largest absolute Gasteiger partial charge is 0.265 e. The topological polar surface area (TPSA) is 58.5 Å². The van der Waals surface area contributed by atoms with Crippen LogP contribution in [0.2, 0.25) is 5.02 Å². The van der Waals surface area contributed by atoms with E-state index in [1.807, 2.05) is 4.72 Å². The van der Waals surface area contributed by atoms with Gasteiger partial charge in [0.05, 0.1) is 5.69 Å². The number of nitrogens with zero attached hydrogens (tertiary/aromatic N) is 1. The van der Waals surface area contributed by atoms with E-state index in [1.54, 1.807) is 0 Å². The van der Waals surface area contributed by atoms with Crippen molar-refractivity contribution in [1.29, 1.82) is 0 Å². The molecular formula is C7H4ClN2O2S. The Kier molecular flexibility index (Phi) is 1.78. The number of halogens is 1. The highest BCUT2D eigenvalue weighted by Crippen LogP contribution is 2.28. The summed E-state index contributed by atoms with van der Waals surface area (Å²) in [5, 5.41) is 0.446. The minimum Gasteiger partial charge on any atom is -0.260 e. The molecule has 1 aromatic rings. The molecule has 0 amide bonds. The lowest BCUT2D eigenvalue weighted by atomic mass is 10.3. The van der Waals surface area contributed by atoms with Crippen LogP contribution in [0.3, 0.4) is 0 Å². The van der Waals surface area contributed by atoms with Gasteiger partial charge in [-0.3, -0.25) is 4.72 Å². The molecule has 1 heterocycles. The maximum Gasteiger partial charge on any atom is 0.265 e. The molecular weight excluding hydrogens is 212 g/mol. The smallest absolute Gasteiger partial charge is 0.260 e. The van der Waals surface area contributed by atoms with E-state index in [9.17, 15) is 8.42 Å². The summed E-state index contributed by atoms with van der Waals surface area (Å²) in [5.41, 5.74) is 0.311. The van der Waals surface area contributed by atoms with E-state index in [1.165, 1.54) is 18.2 Å². The highest BCUT2D eigenvalue weighted by Gasteiger charge is 2.20. The molecule has 0 fully saturated rings. The fourth-order valence-electron chi connectivity index (χ4n) is 1.00. The molecule has 0 atom stereocenters. The first-order chi connectivity index (χ1) is 6.09. The number of benzene rings is 1. The lowest BCUT2D eigenvalue weighted by Gasteiger charge is -2.10. The lowest BCUT2D eigenvalue weighted by Crippen LogP contribution is -2.24. The van der Waals surface area contributed by atoms with Crippen LogP contribution in [-0.2, 0) is 10.0 Å². The number of rotatable bonds is 0. The first kappa shape index (κ1) is 8.52. The van der Waals surface area contributed by atoms with Crippen LogP contribution < -0.4 is 4.72 Å². The molecule has 67 valence electrons. The summed E-state index contributed by atoms with van der Waals surface area (Å²) in [6.07, 6.45) is 2.19. The summed E-state index contributed by atoms with van der Waals surface area (Å²) >= 11 is 5.67. The predicted molar refractivity (Wildman–Crippen MR) is 48.9 cm³/mol. The van der Waals surface area contributed by atoms with Crippen molar-refractivity contribution in [2.45, 2.75) is 4.90 Å². The number of aliphatic imine (C=N–C) groups is 1. The molecule has 6 heteroatoms. The van der Waals surface area contributed by atoms with Crippen LogP contribution in [0.5, 0.6) is 0 Å². The Hall–Kier alpha value is -1.07. The monoisotopic (exact) mass is 215 g/mol. The van der Waals surface area contributed by atoms with E-state index < -0.39 is 10.0 Å². The van der Waals surface area contributed by atoms with E-state index in [-0.39, 0.29) is 4.90 Å². The van der Waals surface area contributed by atoms with E-state index in [2.05, 4.69) is 11.3 Å². The van der Waals surface area contributed by atoms with Gasteiger partial charge in [0.15, 0.2) is 6.34 Å². The molecule has 0 aliphatic carbocycles. The molecule has 13 heavy (non-hydrogen) atoms. The zero-order chi connectivity index (χ0) is 9.47. The van der Waals surface area contributed by atoms with Gasteiger partial charge < -0.3 is 0 Å².